The van der Waals surface area contributed by atoms with Gasteiger partial charge in [-0.25, -0.2) is 0 Å². The minimum atomic E-state index is -0.664. The first-order valence-electron chi connectivity index (χ1n) is 9.49. The van der Waals surface area contributed by atoms with Crippen LogP contribution in [0.5, 0.6) is 0 Å². The molecule has 0 aliphatic heterocycles. The molecule has 0 aromatic carbocycles. The summed E-state index contributed by atoms with van der Waals surface area (Å²) >= 11 is 0. The molecule has 130 valence electrons. The molecule has 0 fully saturated rings. The normalized spacial score (nSPS) is 11.6. The van der Waals surface area contributed by atoms with Crippen LogP contribution in [0, 0.1) is 5.92 Å². The Kier molecular flexibility index (Phi) is 16.0. The Balaban J connectivity index is 3.10. The van der Waals surface area contributed by atoms with Gasteiger partial charge in [0.05, 0.1) is 0 Å². The third kappa shape index (κ3) is 19.2. The topological polar surface area (TPSA) is 37.3 Å². The van der Waals surface area contributed by atoms with Crippen LogP contribution in [0.25, 0.3) is 0 Å². The summed E-state index contributed by atoms with van der Waals surface area (Å²) in [4.78, 5) is 10.4. The van der Waals surface area contributed by atoms with Gasteiger partial charge in [0.25, 0.3) is 0 Å². The van der Waals surface area contributed by atoms with Crippen LogP contribution in [0.15, 0.2) is 12.2 Å². The molecule has 22 heavy (non-hydrogen) atoms. The number of rotatable bonds is 16. The Hall–Kier alpha value is -0.790. The van der Waals surface area contributed by atoms with Crippen LogP contribution in [0.2, 0.25) is 0 Å². The number of carboxylic acid groups (broad SMARTS) is 1. The van der Waals surface area contributed by atoms with Crippen molar-refractivity contribution >= 4 is 5.97 Å². The average Bonchev–Trinajstić information content (AvgIpc) is 2.46. The highest BCUT2D eigenvalue weighted by Crippen LogP contribution is 2.12. The van der Waals surface area contributed by atoms with Gasteiger partial charge in [-0.15, -0.1) is 0 Å². The summed E-state index contributed by atoms with van der Waals surface area (Å²) in [5.41, 5.74) is 0. The third-order valence-electron chi connectivity index (χ3n) is 4.08. The van der Waals surface area contributed by atoms with Crippen molar-refractivity contribution in [1.82, 2.24) is 0 Å². The number of hydrogen-bond donors (Lipinski definition) is 1. The van der Waals surface area contributed by atoms with E-state index < -0.39 is 5.97 Å². The maximum atomic E-state index is 10.4. The molecule has 0 aliphatic rings. The van der Waals surface area contributed by atoms with Gasteiger partial charge in [0.15, 0.2) is 0 Å². The van der Waals surface area contributed by atoms with Crippen LogP contribution >= 0.6 is 0 Å². The molecule has 0 unspecified atom stereocenters. The molecule has 0 atom stereocenters. The predicted octanol–water partition coefficient (Wildman–Crippen LogP) is 6.74. The summed E-state index contributed by atoms with van der Waals surface area (Å²) in [7, 11) is 0. The van der Waals surface area contributed by atoms with E-state index in [0.717, 1.165) is 18.8 Å². The van der Waals surface area contributed by atoms with Crippen LogP contribution < -0.4 is 0 Å². The van der Waals surface area contributed by atoms with Gasteiger partial charge < -0.3 is 5.11 Å². The fourth-order valence-corrected chi connectivity index (χ4v) is 2.65. The lowest BCUT2D eigenvalue weighted by molar-refractivity contribution is -0.137. The summed E-state index contributed by atoms with van der Waals surface area (Å²) in [6.07, 6.45) is 21.3. The van der Waals surface area contributed by atoms with E-state index in [1.54, 1.807) is 0 Å². The Bertz CT molecular complexity index is 269. The number of aliphatic carboxylic acids is 1. The molecule has 0 radical (unpaired) electrons. The van der Waals surface area contributed by atoms with Crippen LogP contribution in [-0.4, -0.2) is 11.1 Å². The number of hydrogen-bond acceptors (Lipinski definition) is 1. The van der Waals surface area contributed by atoms with Gasteiger partial charge in [0.1, 0.15) is 0 Å². The quantitative estimate of drug-likeness (QED) is 0.253. The SMILES string of the molecule is CC(C)CCCCCCC/C=C\CCCCCCCC(=O)O. The van der Waals surface area contributed by atoms with Crippen LogP contribution in [0.3, 0.4) is 0 Å². The molecule has 0 saturated carbocycles. The van der Waals surface area contributed by atoms with Crippen molar-refractivity contribution in [3.05, 3.63) is 12.2 Å². The Morgan fingerprint density at radius 3 is 1.73 bits per heavy atom. The maximum absolute atomic E-state index is 10.4. The summed E-state index contributed by atoms with van der Waals surface area (Å²) in [6, 6.07) is 0. The molecule has 0 aromatic heterocycles. The number of carboxylic acids is 1. The van der Waals surface area contributed by atoms with Crippen molar-refractivity contribution in [2.45, 2.75) is 104 Å². The summed E-state index contributed by atoms with van der Waals surface area (Å²) in [5.74, 6) is 0.197. The highest BCUT2D eigenvalue weighted by molar-refractivity contribution is 5.66. The second-order valence-corrected chi connectivity index (χ2v) is 6.91. The molecular weight excluding hydrogens is 272 g/mol. The van der Waals surface area contributed by atoms with Crippen molar-refractivity contribution in [2.75, 3.05) is 0 Å². The van der Waals surface area contributed by atoms with E-state index in [-0.39, 0.29) is 0 Å². The van der Waals surface area contributed by atoms with Gasteiger partial charge >= 0.3 is 5.97 Å². The van der Waals surface area contributed by atoms with Gasteiger partial charge in [-0.3, -0.25) is 4.79 Å². The molecule has 2 nitrogen and oxygen atoms in total. The Morgan fingerprint density at radius 1 is 0.773 bits per heavy atom. The minimum Gasteiger partial charge on any atom is -0.481 e. The monoisotopic (exact) mass is 310 g/mol. The predicted molar refractivity (Wildman–Crippen MR) is 96.3 cm³/mol. The van der Waals surface area contributed by atoms with Gasteiger partial charge in [0.2, 0.25) is 0 Å². The van der Waals surface area contributed by atoms with E-state index in [0.29, 0.717) is 6.42 Å². The molecule has 2 heteroatoms. The van der Waals surface area contributed by atoms with E-state index in [1.165, 1.54) is 70.6 Å². The van der Waals surface area contributed by atoms with Crippen molar-refractivity contribution in [3.63, 3.8) is 0 Å². The molecule has 1 N–H and O–H groups in total. The number of allylic oxidation sites excluding steroid dienone is 2. The molecule has 0 bridgehead atoms. The van der Waals surface area contributed by atoms with E-state index >= 15 is 0 Å². The van der Waals surface area contributed by atoms with Crippen LogP contribution in [0.4, 0.5) is 0 Å². The van der Waals surface area contributed by atoms with Crippen LogP contribution in [0.1, 0.15) is 104 Å². The molecule has 0 aromatic rings. The summed E-state index contributed by atoms with van der Waals surface area (Å²) < 4.78 is 0. The first-order valence-corrected chi connectivity index (χ1v) is 9.49. The van der Waals surface area contributed by atoms with E-state index in [1.807, 2.05) is 0 Å². The van der Waals surface area contributed by atoms with Crippen molar-refractivity contribution in [2.24, 2.45) is 5.92 Å². The molecule has 0 rings (SSSR count). The number of carbonyl (C=O) groups is 1. The average molecular weight is 311 g/mol. The zero-order valence-corrected chi connectivity index (χ0v) is 15.0. The van der Waals surface area contributed by atoms with Gasteiger partial charge in [0, 0.05) is 6.42 Å². The van der Waals surface area contributed by atoms with Crippen molar-refractivity contribution in [3.8, 4) is 0 Å². The lowest BCUT2D eigenvalue weighted by atomic mass is 10.0. The Morgan fingerprint density at radius 2 is 1.23 bits per heavy atom. The van der Waals surface area contributed by atoms with E-state index in [2.05, 4.69) is 26.0 Å². The second-order valence-electron chi connectivity index (χ2n) is 6.91. The molecule has 0 heterocycles. The zero-order chi connectivity index (χ0) is 16.5. The molecule has 0 spiro atoms. The largest absolute Gasteiger partial charge is 0.481 e. The maximum Gasteiger partial charge on any atom is 0.303 e. The van der Waals surface area contributed by atoms with E-state index in [4.69, 9.17) is 5.11 Å². The fraction of sp³-hybridized carbons (Fsp3) is 0.850. The minimum absolute atomic E-state index is 0.331. The van der Waals surface area contributed by atoms with Gasteiger partial charge in [-0.1, -0.05) is 77.4 Å². The van der Waals surface area contributed by atoms with Gasteiger partial charge in [-0.05, 0) is 38.0 Å². The van der Waals surface area contributed by atoms with Gasteiger partial charge in [-0.2, -0.15) is 0 Å². The van der Waals surface area contributed by atoms with Crippen molar-refractivity contribution < 1.29 is 9.90 Å². The molecule has 0 aliphatic carbocycles. The number of unbranched alkanes of at least 4 members (excludes halogenated alkanes) is 10. The van der Waals surface area contributed by atoms with Crippen LogP contribution in [-0.2, 0) is 4.79 Å². The third-order valence-corrected chi connectivity index (χ3v) is 4.08. The standard InChI is InChI=1S/C20H38O2/c1-19(2)17-15-13-11-9-7-5-3-4-6-8-10-12-14-16-18-20(21)22/h3-4,19H,5-18H2,1-2H3,(H,21,22)/b4-3-. The first kappa shape index (κ1) is 21.2. The van der Waals surface area contributed by atoms with E-state index in [9.17, 15) is 4.79 Å². The summed E-state index contributed by atoms with van der Waals surface area (Å²) in [6.45, 7) is 4.61. The highest BCUT2D eigenvalue weighted by atomic mass is 16.4. The fourth-order valence-electron chi connectivity index (χ4n) is 2.65. The lowest BCUT2D eigenvalue weighted by Gasteiger charge is -2.03. The second kappa shape index (κ2) is 16.6. The smallest absolute Gasteiger partial charge is 0.303 e. The Labute approximate surface area is 138 Å². The highest BCUT2D eigenvalue weighted by Gasteiger charge is 1.96. The zero-order valence-electron chi connectivity index (χ0n) is 15.0. The molecular formula is C20H38O2. The molecule has 0 amide bonds. The lowest BCUT2D eigenvalue weighted by Crippen LogP contribution is -1.93. The summed E-state index contributed by atoms with van der Waals surface area (Å²) in [5, 5.41) is 8.53. The molecule has 0 saturated heterocycles. The van der Waals surface area contributed by atoms with Crippen molar-refractivity contribution in [1.29, 1.82) is 0 Å². The first-order chi connectivity index (χ1) is 10.6.